The van der Waals surface area contributed by atoms with Crippen LogP contribution in [0, 0.1) is 0 Å². The molecule has 10 heteroatoms. The van der Waals surface area contributed by atoms with Gasteiger partial charge in [0.15, 0.2) is 0 Å². The highest BCUT2D eigenvalue weighted by Gasteiger charge is 2.30. The number of halogens is 3. The van der Waals surface area contributed by atoms with Gasteiger partial charge in [0.25, 0.3) is 5.91 Å². The van der Waals surface area contributed by atoms with Crippen LogP contribution in [0.1, 0.15) is 28.8 Å². The summed E-state index contributed by atoms with van der Waals surface area (Å²) in [5.74, 6) is -0.493. The first-order chi connectivity index (χ1) is 13.9. The van der Waals surface area contributed by atoms with Gasteiger partial charge in [-0.1, -0.05) is 0 Å². The van der Waals surface area contributed by atoms with E-state index in [1.807, 2.05) is 12.1 Å². The maximum absolute atomic E-state index is 12.7. The van der Waals surface area contributed by atoms with Crippen molar-refractivity contribution in [2.24, 2.45) is 0 Å². The first-order valence-electron chi connectivity index (χ1n) is 9.03. The molecule has 0 saturated carbocycles. The Morgan fingerprint density at radius 1 is 1.03 bits per heavy atom. The van der Waals surface area contributed by atoms with Crippen LogP contribution < -0.4 is 10.2 Å². The fourth-order valence-electron chi connectivity index (χ4n) is 3.29. The van der Waals surface area contributed by atoms with Gasteiger partial charge >= 0.3 is 6.18 Å². The standard InChI is InChI=1S/C19H17F3N6O/c20-19(21,22)14-5-3-13(4-6-14)18(29)24-16-11-15(28-12-23-25-26-28)7-8-17(16)27-9-1-2-10-27/h3-8,11-12H,1-2,9-10H2,(H,24,29). The molecule has 1 fully saturated rings. The van der Waals surface area contributed by atoms with Crippen molar-refractivity contribution in [3.8, 4) is 5.69 Å². The van der Waals surface area contributed by atoms with Gasteiger partial charge in [-0.05, 0) is 65.7 Å². The zero-order chi connectivity index (χ0) is 20.4. The average molecular weight is 402 g/mol. The van der Waals surface area contributed by atoms with E-state index in [4.69, 9.17) is 0 Å². The summed E-state index contributed by atoms with van der Waals surface area (Å²) in [6.07, 6.45) is -0.896. The third-order valence-corrected chi connectivity index (χ3v) is 4.76. The molecule has 7 nitrogen and oxygen atoms in total. The van der Waals surface area contributed by atoms with Crippen LogP contribution >= 0.6 is 0 Å². The third-order valence-electron chi connectivity index (χ3n) is 4.76. The summed E-state index contributed by atoms with van der Waals surface area (Å²) < 4.78 is 39.7. The highest BCUT2D eigenvalue weighted by Crippen LogP contribution is 2.32. The molecule has 150 valence electrons. The molecule has 0 unspecified atom stereocenters. The van der Waals surface area contributed by atoms with Crippen molar-refractivity contribution in [3.05, 3.63) is 59.9 Å². The van der Waals surface area contributed by atoms with Gasteiger partial charge in [-0.25, -0.2) is 4.68 Å². The smallest absolute Gasteiger partial charge is 0.370 e. The molecule has 1 N–H and O–H groups in total. The van der Waals surface area contributed by atoms with Gasteiger partial charge in [0, 0.05) is 18.7 Å². The van der Waals surface area contributed by atoms with E-state index in [-0.39, 0.29) is 5.56 Å². The van der Waals surface area contributed by atoms with Gasteiger partial charge in [0.1, 0.15) is 6.33 Å². The molecule has 1 amide bonds. The molecule has 1 saturated heterocycles. The number of carbonyl (C=O) groups excluding carboxylic acids is 1. The average Bonchev–Trinajstić information content (AvgIpc) is 3.41. The number of anilines is 2. The third kappa shape index (κ3) is 4.05. The number of hydrogen-bond donors (Lipinski definition) is 1. The molecule has 0 radical (unpaired) electrons. The first-order valence-corrected chi connectivity index (χ1v) is 9.03. The summed E-state index contributed by atoms with van der Waals surface area (Å²) in [7, 11) is 0. The Bertz CT molecular complexity index is 996. The minimum absolute atomic E-state index is 0.137. The minimum atomic E-state index is -4.45. The van der Waals surface area contributed by atoms with Gasteiger partial charge < -0.3 is 10.2 Å². The van der Waals surface area contributed by atoms with Crippen molar-refractivity contribution in [1.82, 2.24) is 20.2 Å². The molecule has 3 aromatic rings. The number of hydrogen-bond acceptors (Lipinski definition) is 5. The van der Waals surface area contributed by atoms with Gasteiger partial charge in [0.05, 0.1) is 22.6 Å². The van der Waals surface area contributed by atoms with Crippen LogP contribution in [0.2, 0.25) is 0 Å². The lowest BCUT2D eigenvalue weighted by molar-refractivity contribution is -0.137. The Morgan fingerprint density at radius 3 is 2.38 bits per heavy atom. The Labute approximate surface area is 164 Å². The van der Waals surface area contributed by atoms with Crippen LogP contribution in [-0.2, 0) is 6.18 Å². The fourth-order valence-corrected chi connectivity index (χ4v) is 3.29. The van der Waals surface area contributed by atoms with E-state index >= 15 is 0 Å². The van der Waals surface area contributed by atoms with Crippen molar-refractivity contribution in [1.29, 1.82) is 0 Å². The topological polar surface area (TPSA) is 75.9 Å². The second-order valence-electron chi connectivity index (χ2n) is 6.68. The molecular formula is C19H17F3N6O. The summed E-state index contributed by atoms with van der Waals surface area (Å²) in [6.45, 7) is 1.74. The Kier molecular flexibility index (Phi) is 4.91. The molecule has 1 aliphatic heterocycles. The summed E-state index contributed by atoms with van der Waals surface area (Å²) in [5, 5.41) is 13.9. The van der Waals surface area contributed by atoms with Crippen LogP contribution in [0.5, 0.6) is 0 Å². The number of carbonyl (C=O) groups is 1. The summed E-state index contributed by atoms with van der Waals surface area (Å²) in [5.41, 5.74) is 1.38. The molecule has 0 spiro atoms. The maximum Gasteiger partial charge on any atom is 0.416 e. The predicted octanol–water partition coefficient (Wildman–Crippen LogP) is 3.53. The SMILES string of the molecule is O=C(Nc1cc(-n2cnnn2)ccc1N1CCCC1)c1ccc(C(F)(F)F)cc1. The zero-order valence-electron chi connectivity index (χ0n) is 15.2. The van der Waals surface area contributed by atoms with E-state index in [0.29, 0.717) is 11.4 Å². The molecule has 0 bridgehead atoms. The molecular weight excluding hydrogens is 385 g/mol. The van der Waals surface area contributed by atoms with Gasteiger partial charge in [0.2, 0.25) is 0 Å². The number of benzene rings is 2. The number of aromatic nitrogens is 4. The van der Waals surface area contributed by atoms with Crippen molar-refractivity contribution >= 4 is 17.3 Å². The maximum atomic E-state index is 12.7. The van der Waals surface area contributed by atoms with E-state index in [0.717, 1.165) is 43.8 Å². The quantitative estimate of drug-likeness (QED) is 0.723. The lowest BCUT2D eigenvalue weighted by atomic mass is 10.1. The monoisotopic (exact) mass is 402 g/mol. The number of nitrogens with zero attached hydrogens (tertiary/aromatic N) is 5. The van der Waals surface area contributed by atoms with E-state index < -0.39 is 17.6 Å². The van der Waals surface area contributed by atoms with Crippen LogP contribution in [0.15, 0.2) is 48.8 Å². The van der Waals surface area contributed by atoms with Crippen molar-refractivity contribution < 1.29 is 18.0 Å². The normalized spacial score (nSPS) is 14.2. The number of amides is 1. The van der Waals surface area contributed by atoms with E-state index in [2.05, 4.69) is 25.7 Å². The lowest BCUT2D eigenvalue weighted by Gasteiger charge is -2.22. The Hall–Kier alpha value is -3.43. The highest BCUT2D eigenvalue weighted by atomic mass is 19.4. The second kappa shape index (κ2) is 7.53. The number of rotatable bonds is 4. The van der Waals surface area contributed by atoms with E-state index in [1.54, 1.807) is 6.07 Å². The van der Waals surface area contributed by atoms with Gasteiger partial charge in [-0.3, -0.25) is 4.79 Å². The second-order valence-corrected chi connectivity index (χ2v) is 6.68. The first kappa shape index (κ1) is 18.9. The molecule has 2 aromatic carbocycles. The Balaban J connectivity index is 1.63. The molecule has 1 aromatic heterocycles. The van der Waals surface area contributed by atoms with Crippen LogP contribution in [0.3, 0.4) is 0 Å². The molecule has 4 rings (SSSR count). The molecule has 2 heterocycles. The fraction of sp³-hybridized carbons (Fsp3) is 0.263. The summed E-state index contributed by atoms with van der Waals surface area (Å²) in [6, 6.07) is 9.59. The lowest BCUT2D eigenvalue weighted by Crippen LogP contribution is -2.21. The minimum Gasteiger partial charge on any atom is -0.370 e. The predicted molar refractivity (Wildman–Crippen MR) is 100.0 cm³/mol. The van der Waals surface area contributed by atoms with Crippen LogP contribution in [-0.4, -0.2) is 39.2 Å². The van der Waals surface area contributed by atoms with Crippen molar-refractivity contribution in [2.75, 3.05) is 23.3 Å². The number of alkyl halides is 3. The Morgan fingerprint density at radius 2 is 1.76 bits per heavy atom. The zero-order valence-corrected chi connectivity index (χ0v) is 15.2. The van der Waals surface area contributed by atoms with E-state index in [1.165, 1.54) is 23.1 Å². The molecule has 0 atom stereocenters. The molecule has 0 aliphatic carbocycles. The molecule has 29 heavy (non-hydrogen) atoms. The molecule has 1 aliphatic rings. The van der Waals surface area contributed by atoms with Gasteiger partial charge in [-0.15, -0.1) is 5.10 Å². The summed E-state index contributed by atoms with van der Waals surface area (Å²) >= 11 is 0. The number of nitrogens with one attached hydrogen (secondary N) is 1. The van der Waals surface area contributed by atoms with Crippen molar-refractivity contribution in [2.45, 2.75) is 19.0 Å². The van der Waals surface area contributed by atoms with E-state index in [9.17, 15) is 18.0 Å². The summed E-state index contributed by atoms with van der Waals surface area (Å²) in [4.78, 5) is 14.8. The van der Waals surface area contributed by atoms with Crippen LogP contribution in [0.25, 0.3) is 5.69 Å². The van der Waals surface area contributed by atoms with Crippen molar-refractivity contribution in [3.63, 3.8) is 0 Å². The highest BCUT2D eigenvalue weighted by molar-refractivity contribution is 6.06. The number of tetrazole rings is 1. The van der Waals surface area contributed by atoms with Crippen LogP contribution in [0.4, 0.5) is 24.5 Å². The largest absolute Gasteiger partial charge is 0.416 e. The van der Waals surface area contributed by atoms with Gasteiger partial charge in [-0.2, -0.15) is 13.2 Å².